The number of H-pyrrole nitrogens is 1. The predicted octanol–water partition coefficient (Wildman–Crippen LogP) is 2.80. The molecule has 0 aliphatic heterocycles. The Kier molecular flexibility index (Phi) is 6.83. The minimum absolute atomic E-state index is 0.0375. The molecule has 3 N–H and O–H groups in total. The molecule has 0 fully saturated rings. The number of amides is 1. The van der Waals surface area contributed by atoms with Gasteiger partial charge in [0.15, 0.2) is 16.6 Å². The summed E-state index contributed by atoms with van der Waals surface area (Å²) in [7, 11) is 3.01. The van der Waals surface area contributed by atoms with Gasteiger partial charge in [-0.2, -0.15) is 0 Å². The topological polar surface area (TPSA) is 111 Å². The summed E-state index contributed by atoms with van der Waals surface area (Å²) in [6.07, 6.45) is -0.702. The second-order valence-corrected chi connectivity index (χ2v) is 5.56. The highest BCUT2D eigenvalue weighted by Gasteiger charge is 2.23. The molecular weight excluding hydrogens is 374 g/mol. The Balaban J connectivity index is 2.47. The first kappa shape index (κ1) is 20.3. The van der Waals surface area contributed by atoms with E-state index in [1.54, 1.807) is 26.0 Å². The fraction of sp³-hybridized carbons (Fsp3) is 0.353. The van der Waals surface area contributed by atoms with Crippen molar-refractivity contribution in [1.29, 1.82) is 0 Å². The van der Waals surface area contributed by atoms with Crippen molar-refractivity contribution in [3.63, 3.8) is 0 Å². The van der Waals surface area contributed by atoms with Crippen molar-refractivity contribution in [3.8, 4) is 11.5 Å². The molecule has 0 atom stereocenters. The third kappa shape index (κ3) is 4.59. The normalized spacial score (nSPS) is 10.2. The van der Waals surface area contributed by atoms with E-state index in [0.29, 0.717) is 22.4 Å². The molecule has 0 unspecified atom stereocenters. The molecule has 10 heteroatoms. The lowest BCUT2D eigenvalue weighted by Crippen LogP contribution is -2.35. The third-order valence-electron chi connectivity index (χ3n) is 3.51. The minimum Gasteiger partial charge on any atom is -0.493 e. The van der Waals surface area contributed by atoms with Crippen LogP contribution < -0.4 is 20.1 Å². The zero-order valence-electron chi connectivity index (χ0n) is 15.4. The number of carbonyl (C=O) groups is 2. The Morgan fingerprint density at radius 3 is 2.30 bits per heavy atom. The van der Waals surface area contributed by atoms with Crippen LogP contribution >= 0.6 is 12.2 Å². The van der Waals surface area contributed by atoms with E-state index in [1.165, 1.54) is 14.2 Å². The van der Waals surface area contributed by atoms with Crippen LogP contribution in [0.25, 0.3) is 10.9 Å². The van der Waals surface area contributed by atoms with Gasteiger partial charge in [-0.1, -0.05) is 0 Å². The molecule has 1 aromatic heterocycles. The molecule has 0 saturated heterocycles. The lowest BCUT2D eigenvalue weighted by Gasteiger charge is -2.10. The Morgan fingerprint density at radius 2 is 1.70 bits per heavy atom. The van der Waals surface area contributed by atoms with Crippen LogP contribution in [0.3, 0.4) is 0 Å². The Bertz CT molecular complexity index is 864. The van der Waals surface area contributed by atoms with Crippen LogP contribution in [-0.4, -0.2) is 49.6 Å². The molecule has 1 heterocycles. The molecular formula is C17H21N3O6S. The first-order valence-corrected chi connectivity index (χ1v) is 8.55. The van der Waals surface area contributed by atoms with E-state index in [0.717, 1.165) is 0 Å². The highest BCUT2D eigenvalue weighted by atomic mass is 32.1. The van der Waals surface area contributed by atoms with Crippen LogP contribution in [0.4, 0.5) is 10.6 Å². The number of fused-ring (bicyclic) bond motifs is 1. The van der Waals surface area contributed by atoms with E-state index in [4.69, 9.17) is 31.2 Å². The summed E-state index contributed by atoms with van der Waals surface area (Å²) in [6, 6.07) is 3.34. The number of carbonyl (C=O) groups excluding carboxylic acids is 2. The largest absolute Gasteiger partial charge is 0.493 e. The molecule has 9 nitrogen and oxygen atoms in total. The average molecular weight is 395 g/mol. The molecule has 1 aromatic carbocycles. The van der Waals surface area contributed by atoms with E-state index in [1.807, 2.05) is 0 Å². The number of ether oxygens (including phenoxy) is 4. The zero-order chi connectivity index (χ0) is 20.0. The standard InChI is InChI=1S/C17H21N3O6S/c1-5-25-15(21)13-9-7-11(23-3)12(24-4)8-10(9)18-14(13)19-16(27)20-17(22)26-6-2/h7-8,18H,5-6H2,1-4H3,(H2,19,20,22,27). The van der Waals surface area contributed by atoms with Crippen molar-refractivity contribution < 1.29 is 28.5 Å². The van der Waals surface area contributed by atoms with Crippen LogP contribution in [0.15, 0.2) is 12.1 Å². The summed E-state index contributed by atoms with van der Waals surface area (Å²) >= 11 is 5.09. The SMILES string of the molecule is CCOC(=O)NC(=S)Nc1[nH]c2cc(OC)c(OC)cc2c1C(=O)OCC. The maximum absolute atomic E-state index is 12.5. The summed E-state index contributed by atoms with van der Waals surface area (Å²) in [5.74, 6) is 0.645. The van der Waals surface area contributed by atoms with Crippen LogP contribution in [0.2, 0.25) is 0 Å². The van der Waals surface area contributed by atoms with Crippen LogP contribution in [0.1, 0.15) is 24.2 Å². The monoisotopic (exact) mass is 395 g/mol. The molecule has 0 saturated carbocycles. The quantitative estimate of drug-likeness (QED) is 0.506. The number of aromatic amines is 1. The summed E-state index contributed by atoms with van der Waals surface area (Å²) in [5, 5.41) is 5.65. The Labute approximate surface area is 161 Å². The number of benzene rings is 1. The number of esters is 1. The number of anilines is 1. The number of nitrogens with one attached hydrogen (secondary N) is 3. The molecule has 2 rings (SSSR count). The summed E-state index contributed by atoms with van der Waals surface area (Å²) in [4.78, 5) is 27.0. The first-order chi connectivity index (χ1) is 12.9. The molecule has 0 bridgehead atoms. The van der Waals surface area contributed by atoms with Gasteiger partial charge in [0, 0.05) is 11.5 Å². The van der Waals surface area contributed by atoms with E-state index < -0.39 is 12.1 Å². The minimum atomic E-state index is -0.702. The molecule has 27 heavy (non-hydrogen) atoms. The summed E-state index contributed by atoms with van der Waals surface area (Å²) in [6.45, 7) is 3.78. The first-order valence-electron chi connectivity index (χ1n) is 8.14. The van der Waals surface area contributed by atoms with Crippen LogP contribution in [0, 0.1) is 0 Å². The molecule has 0 radical (unpaired) electrons. The van der Waals surface area contributed by atoms with Crippen molar-refractivity contribution in [3.05, 3.63) is 17.7 Å². The fourth-order valence-corrected chi connectivity index (χ4v) is 2.62. The predicted molar refractivity (Wildman–Crippen MR) is 104 cm³/mol. The van der Waals surface area contributed by atoms with Gasteiger partial charge >= 0.3 is 12.1 Å². The summed E-state index contributed by atoms with van der Waals surface area (Å²) in [5.41, 5.74) is 0.818. The zero-order valence-corrected chi connectivity index (χ0v) is 16.2. The van der Waals surface area contributed by atoms with E-state index in [9.17, 15) is 9.59 Å². The van der Waals surface area contributed by atoms with Gasteiger partial charge in [0.2, 0.25) is 0 Å². The molecule has 0 aliphatic rings. The van der Waals surface area contributed by atoms with Crippen molar-refractivity contribution in [2.75, 3.05) is 32.8 Å². The second-order valence-electron chi connectivity index (χ2n) is 5.15. The van der Waals surface area contributed by atoms with Gasteiger partial charge in [0.1, 0.15) is 11.4 Å². The number of aromatic nitrogens is 1. The number of hydrogen-bond acceptors (Lipinski definition) is 7. The Morgan fingerprint density at radius 1 is 1.07 bits per heavy atom. The number of methoxy groups -OCH3 is 2. The van der Waals surface area contributed by atoms with Gasteiger partial charge in [-0.05, 0) is 32.1 Å². The molecule has 0 aliphatic carbocycles. The van der Waals surface area contributed by atoms with Gasteiger partial charge in [-0.3, -0.25) is 5.32 Å². The second kappa shape index (κ2) is 9.08. The van der Waals surface area contributed by atoms with Gasteiger partial charge in [-0.15, -0.1) is 0 Å². The van der Waals surface area contributed by atoms with E-state index in [-0.39, 0.29) is 29.7 Å². The van der Waals surface area contributed by atoms with Gasteiger partial charge in [0.25, 0.3) is 0 Å². The maximum Gasteiger partial charge on any atom is 0.413 e. The van der Waals surface area contributed by atoms with E-state index in [2.05, 4.69) is 15.6 Å². The number of alkyl carbamates (subject to hydrolysis) is 1. The van der Waals surface area contributed by atoms with Gasteiger partial charge < -0.3 is 29.2 Å². The fourth-order valence-electron chi connectivity index (χ4n) is 2.43. The van der Waals surface area contributed by atoms with Crippen molar-refractivity contribution in [2.24, 2.45) is 0 Å². The van der Waals surface area contributed by atoms with E-state index >= 15 is 0 Å². The highest BCUT2D eigenvalue weighted by molar-refractivity contribution is 7.80. The summed E-state index contributed by atoms with van der Waals surface area (Å²) < 4.78 is 20.5. The smallest absolute Gasteiger partial charge is 0.413 e. The third-order valence-corrected chi connectivity index (χ3v) is 3.72. The van der Waals surface area contributed by atoms with Gasteiger partial charge in [-0.25, -0.2) is 9.59 Å². The van der Waals surface area contributed by atoms with Gasteiger partial charge in [0.05, 0.1) is 33.0 Å². The number of hydrogen-bond donors (Lipinski definition) is 3. The van der Waals surface area contributed by atoms with Crippen molar-refractivity contribution in [1.82, 2.24) is 10.3 Å². The lowest BCUT2D eigenvalue weighted by molar-refractivity contribution is 0.0530. The maximum atomic E-state index is 12.5. The van der Waals surface area contributed by atoms with Crippen LogP contribution in [-0.2, 0) is 9.47 Å². The van der Waals surface area contributed by atoms with Crippen molar-refractivity contribution >= 4 is 46.1 Å². The van der Waals surface area contributed by atoms with Crippen molar-refractivity contribution in [2.45, 2.75) is 13.8 Å². The Hall–Kier alpha value is -3.01. The molecule has 2 aromatic rings. The number of thiocarbonyl (C=S) groups is 1. The molecule has 146 valence electrons. The molecule has 0 spiro atoms. The molecule has 1 amide bonds. The highest BCUT2D eigenvalue weighted by Crippen LogP contribution is 2.36. The van der Waals surface area contributed by atoms with Crippen LogP contribution in [0.5, 0.6) is 11.5 Å². The average Bonchev–Trinajstić information content (AvgIpc) is 2.97. The lowest BCUT2D eigenvalue weighted by atomic mass is 10.1. The number of rotatable bonds is 6.